The van der Waals surface area contributed by atoms with Crippen molar-refractivity contribution in [2.24, 2.45) is 0 Å². The monoisotopic (exact) mass is 480 g/mol. The van der Waals surface area contributed by atoms with Crippen molar-refractivity contribution in [1.29, 1.82) is 0 Å². The van der Waals surface area contributed by atoms with Gasteiger partial charge >= 0.3 is 5.97 Å². The number of carbonyl (C=O) groups excluding carboxylic acids is 1. The Labute approximate surface area is 210 Å². The predicted octanol–water partition coefficient (Wildman–Crippen LogP) is 5.27. The number of anilines is 2. The Kier molecular flexibility index (Phi) is 5.25. The summed E-state index contributed by atoms with van der Waals surface area (Å²) in [6.07, 6.45) is 0. The molecule has 6 nitrogen and oxygen atoms in total. The van der Waals surface area contributed by atoms with E-state index in [9.17, 15) is 4.79 Å². The van der Waals surface area contributed by atoms with Gasteiger partial charge in [-0.1, -0.05) is 36.4 Å². The van der Waals surface area contributed by atoms with Crippen molar-refractivity contribution in [3.63, 3.8) is 0 Å². The summed E-state index contributed by atoms with van der Waals surface area (Å²) in [7, 11) is 4.83. The smallest absolute Gasteiger partial charge is 0.338 e. The summed E-state index contributed by atoms with van der Waals surface area (Å²) in [5.41, 5.74) is 4.11. The average Bonchev–Trinajstić information content (AvgIpc) is 3.15. The second-order valence-electron chi connectivity index (χ2n) is 9.35. The van der Waals surface area contributed by atoms with E-state index in [4.69, 9.17) is 14.2 Å². The molecule has 0 amide bonds. The maximum Gasteiger partial charge on any atom is 0.338 e. The Balaban J connectivity index is 1.65. The highest BCUT2D eigenvalue weighted by atomic mass is 16.5. The molecule has 2 bridgehead atoms. The van der Waals surface area contributed by atoms with Gasteiger partial charge in [-0.25, -0.2) is 4.79 Å². The van der Waals surface area contributed by atoms with E-state index in [0.717, 1.165) is 50.3 Å². The van der Waals surface area contributed by atoms with Gasteiger partial charge in [0.25, 0.3) is 0 Å². The van der Waals surface area contributed by atoms with Crippen molar-refractivity contribution < 1.29 is 19.0 Å². The van der Waals surface area contributed by atoms with Crippen LogP contribution in [0.25, 0.3) is 10.8 Å². The summed E-state index contributed by atoms with van der Waals surface area (Å²) in [4.78, 5) is 18.5. The van der Waals surface area contributed by atoms with Gasteiger partial charge in [-0.05, 0) is 69.9 Å². The first kappa shape index (κ1) is 22.3. The number of hydrogen-bond acceptors (Lipinski definition) is 6. The van der Waals surface area contributed by atoms with E-state index in [-0.39, 0.29) is 5.97 Å². The number of fused-ring (bicyclic) bond motifs is 8. The van der Waals surface area contributed by atoms with Crippen LogP contribution < -0.4 is 19.3 Å². The zero-order valence-corrected chi connectivity index (χ0v) is 20.7. The Morgan fingerprint density at radius 2 is 1.42 bits per heavy atom. The van der Waals surface area contributed by atoms with E-state index in [0.29, 0.717) is 19.6 Å². The largest absolute Gasteiger partial charge is 0.497 e. The highest BCUT2D eigenvalue weighted by Crippen LogP contribution is 2.47. The number of methoxy groups -OCH3 is 3. The lowest BCUT2D eigenvalue weighted by atomic mass is 9.85. The first-order valence-electron chi connectivity index (χ1n) is 12.0. The minimum atomic E-state index is -1.06. The summed E-state index contributed by atoms with van der Waals surface area (Å²) in [5, 5.41) is 2.22. The lowest BCUT2D eigenvalue weighted by molar-refractivity contribution is -0.147. The molecule has 6 heteroatoms. The van der Waals surface area contributed by atoms with Crippen molar-refractivity contribution in [1.82, 2.24) is 0 Å². The lowest BCUT2D eigenvalue weighted by Crippen LogP contribution is -2.56. The number of benzene rings is 4. The molecule has 4 aromatic carbocycles. The Hall–Kier alpha value is -4.19. The SMILES string of the molecule is COC(=O)C1(c2ccc3ccccc3c2)CN2Cc3cc(OC)ccc3N1Cc1cc(OC)ccc12. The summed E-state index contributed by atoms with van der Waals surface area (Å²) in [6, 6.07) is 26.7. The summed E-state index contributed by atoms with van der Waals surface area (Å²) >= 11 is 0. The third-order valence-corrected chi connectivity index (χ3v) is 7.53. The van der Waals surface area contributed by atoms with Crippen LogP contribution in [0.5, 0.6) is 11.5 Å². The molecule has 0 spiro atoms. The molecular formula is C30H28N2O4. The molecule has 182 valence electrons. The van der Waals surface area contributed by atoms with Crippen molar-refractivity contribution in [3.05, 3.63) is 95.6 Å². The molecule has 0 radical (unpaired) electrons. The second kappa shape index (κ2) is 8.48. The van der Waals surface area contributed by atoms with Crippen LogP contribution in [-0.2, 0) is 28.2 Å². The topological polar surface area (TPSA) is 51.2 Å². The Bertz CT molecular complexity index is 1480. The highest BCUT2D eigenvalue weighted by Gasteiger charge is 2.52. The number of nitrogens with zero attached hydrogens (tertiary/aromatic N) is 2. The van der Waals surface area contributed by atoms with Crippen molar-refractivity contribution >= 4 is 28.1 Å². The fourth-order valence-electron chi connectivity index (χ4n) is 5.75. The van der Waals surface area contributed by atoms with Gasteiger partial charge in [-0.2, -0.15) is 0 Å². The lowest BCUT2D eigenvalue weighted by Gasteiger charge is -2.42. The number of carbonyl (C=O) groups is 1. The zero-order valence-electron chi connectivity index (χ0n) is 20.7. The predicted molar refractivity (Wildman–Crippen MR) is 141 cm³/mol. The third kappa shape index (κ3) is 3.28. The van der Waals surface area contributed by atoms with E-state index >= 15 is 0 Å². The van der Waals surface area contributed by atoms with Crippen LogP contribution in [-0.4, -0.2) is 33.8 Å². The van der Waals surface area contributed by atoms with Crippen LogP contribution in [0.4, 0.5) is 11.4 Å². The van der Waals surface area contributed by atoms with Crippen molar-refractivity contribution in [2.75, 3.05) is 37.7 Å². The first-order valence-corrected chi connectivity index (χ1v) is 12.0. The van der Waals surface area contributed by atoms with Crippen LogP contribution in [0.2, 0.25) is 0 Å². The van der Waals surface area contributed by atoms with Crippen LogP contribution in [0.15, 0.2) is 78.9 Å². The van der Waals surface area contributed by atoms with Gasteiger partial charge in [0.2, 0.25) is 0 Å². The molecule has 1 unspecified atom stereocenters. The summed E-state index contributed by atoms with van der Waals surface area (Å²) in [6.45, 7) is 1.59. The Morgan fingerprint density at radius 3 is 2.11 bits per heavy atom. The molecule has 0 fully saturated rings. The van der Waals surface area contributed by atoms with Gasteiger partial charge in [0, 0.05) is 24.5 Å². The van der Waals surface area contributed by atoms with Gasteiger partial charge in [0.15, 0.2) is 5.54 Å². The summed E-state index contributed by atoms with van der Waals surface area (Å²) in [5.74, 6) is 1.30. The van der Waals surface area contributed by atoms with Gasteiger partial charge in [-0.15, -0.1) is 0 Å². The van der Waals surface area contributed by atoms with E-state index in [1.807, 2.05) is 24.3 Å². The molecule has 0 saturated heterocycles. The van der Waals surface area contributed by atoms with Gasteiger partial charge < -0.3 is 24.0 Å². The molecule has 0 saturated carbocycles. The second-order valence-corrected chi connectivity index (χ2v) is 9.35. The molecule has 1 atom stereocenters. The van der Waals surface area contributed by atoms with Gasteiger partial charge in [0.1, 0.15) is 11.5 Å². The van der Waals surface area contributed by atoms with E-state index < -0.39 is 5.54 Å². The molecule has 6 rings (SSSR count). The maximum atomic E-state index is 14.0. The number of ether oxygens (including phenoxy) is 3. The fraction of sp³-hybridized carbons (Fsp3) is 0.233. The first-order chi connectivity index (χ1) is 17.6. The quantitative estimate of drug-likeness (QED) is 0.371. The fourth-order valence-corrected chi connectivity index (χ4v) is 5.75. The molecule has 0 aromatic heterocycles. The third-order valence-electron chi connectivity index (χ3n) is 7.53. The molecule has 2 aliphatic heterocycles. The zero-order chi connectivity index (χ0) is 24.9. The van der Waals surface area contributed by atoms with Gasteiger partial charge in [-0.3, -0.25) is 0 Å². The van der Waals surface area contributed by atoms with Crippen LogP contribution in [0.1, 0.15) is 16.7 Å². The maximum absolute atomic E-state index is 14.0. The van der Waals surface area contributed by atoms with E-state index in [2.05, 4.69) is 64.4 Å². The number of esters is 1. The van der Waals surface area contributed by atoms with Crippen molar-refractivity contribution in [2.45, 2.75) is 18.6 Å². The Morgan fingerprint density at radius 1 is 0.750 bits per heavy atom. The molecule has 2 aliphatic rings. The molecule has 4 aromatic rings. The van der Waals surface area contributed by atoms with Crippen LogP contribution >= 0.6 is 0 Å². The number of rotatable bonds is 4. The number of hydrogen-bond donors (Lipinski definition) is 0. The normalized spacial score (nSPS) is 18.2. The molecule has 0 aliphatic carbocycles. The molecule has 2 heterocycles. The molecule has 36 heavy (non-hydrogen) atoms. The van der Waals surface area contributed by atoms with Gasteiger partial charge in [0.05, 0.1) is 27.9 Å². The highest BCUT2D eigenvalue weighted by molar-refractivity contribution is 5.93. The minimum absolute atomic E-state index is 0.286. The average molecular weight is 481 g/mol. The standard InChI is InChI=1S/C30H28N2O4/c1-34-25-10-12-27-23(16-25)18-32-28-13-11-26(35-2)15-22(28)17-31(27)19-30(32,29(33)36-3)24-9-8-20-6-4-5-7-21(20)14-24/h4-16H,17-19H2,1-3H3. The molecular weight excluding hydrogens is 452 g/mol. The minimum Gasteiger partial charge on any atom is -0.497 e. The van der Waals surface area contributed by atoms with E-state index in [1.54, 1.807) is 14.2 Å². The van der Waals surface area contributed by atoms with Crippen molar-refractivity contribution in [3.8, 4) is 11.5 Å². The molecule has 0 N–H and O–H groups in total. The van der Waals surface area contributed by atoms with Crippen LogP contribution in [0.3, 0.4) is 0 Å². The van der Waals surface area contributed by atoms with Crippen LogP contribution in [0, 0.1) is 0 Å². The van der Waals surface area contributed by atoms with E-state index in [1.165, 1.54) is 7.11 Å². The summed E-state index contributed by atoms with van der Waals surface area (Å²) < 4.78 is 16.7.